The molecule has 3 aromatic rings. The Labute approximate surface area is 163 Å². The van der Waals surface area contributed by atoms with E-state index in [0.717, 1.165) is 25.7 Å². The summed E-state index contributed by atoms with van der Waals surface area (Å²) in [5.74, 6) is 0.650. The first kappa shape index (κ1) is 19.6. The van der Waals surface area contributed by atoms with Gasteiger partial charge in [-0.3, -0.25) is 0 Å². The number of sulfone groups is 1. The van der Waals surface area contributed by atoms with Gasteiger partial charge in [0.1, 0.15) is 0 Å². The number of rotatable bonds is 5. The van der Waals surface area contributed by atoms with Crippen molar-refractivity contribution in [2.45, 2.75) is 41.9 Å². The summed E-state index contributed by atoms with van der Waals surface area (Å²) < 4.78 is 36.0. The molecule has 0 atom stereocenters. The average Bonchev–Trinajstić information content (AvgIpc) is 3.36. The maximum absolute atomic E-state index is 12.6. The van der Waals surface area contributed by atoms with Crippen LogP contribution in [0.5, 0.6) is 0 Å². The molecule has 2 aromatic heterocycles. The highest BCUT2D eigenvalue weighted by Gasteiger charge is 2.36. The van der Waals surface area contributed by atoms with Gasteiger partial charge < -0.3 is 14.7 Å². The monoisotopic (exact) mass is 409 g/mol. The first-order chi connectivity index (χ1) is 12.5. The third kappa shape index (κ3) is 3.78. The van der Waals surface area contributed by atoms with Crippen molar-refractivity contribution in [2.75, 3.05) is 0 Å². The summed E-state index contributed by atoms with van der Waals surface area (Å²) >= 11 is 0. The van der Waals surface area contributed by atoms with E-state index in [4.69, 9.17) is 14.7 Å². The lowest BCUT2D eigenvalue weighted by molar-refractivity contribution is 0.368. The molecule has 27 heavy (non-hydrogen) atoms. The molecule has 1 aliphatic rings. The zero-order chi connectivity index (χ0) is 18.2. The van der Waals surface area contributed by atoms with Crippen LogP contribution in [-0.4, -0.2) is 18.6 Å². The van der Waals surface area contributed by atoms with Crippen molar-refractivity contribution in [3.63, 3.8) is 0 Å². The van der Waals surface area contributed by atoms with Crippen LogP contribution >= 0.6 is 12.4 Å². The second-order valence-corrected chi connectivity index (χ2v) is 8.62. The molecule has 1 fully saturated rings. The fourth-order valence-electron chi connectivity index (χ4n) is 3.30. The molecule has 0 amide bonds. The molecular weight excluding hydrogens is 390 g/mol. The van der Waals surface area contributed by atoms with E-state index in [2.05, 4.69) is 10.1 Å². The lowest BCUT2D eigenvalue weighted by Gasteiger charge is -2.17. The van der Waals surface area contributed by atoms with Crippen molar-refractivity contribution >= 4 is 22.2 Å². The Bertz CT molecular complexity index is 1010. The van der Waals surface area contributed by atoms with Crippen molar-refractivity contribution in [2.24, 2.45) is 5.73 Å². The average molecular weight is 410 g/mol. The second kappa shape index (κ2) is 7.46. The Kier molecular flexibility index (Phi) is 5.41. The van der Waals surface area contributed by atoms with E-state index in [0.29, 0.717) is 11.4 Å². The Balaban J connectivity index is 0.00000210. The van der Waals surface area contributed by atoms with Gasteiger partial charge in [0.2, 0.25) is 0 Å². The highest BCUT2D eigenvalue weighted by molar-refractivity contribution is 7.90. The van der Waals surface area contributed by atoms with E-state index < -0.39 is 15.4 Å². The van der Waals surface area contributed by atoms with Gasteiger partial charge in [0, 0.05) is 5.56 Å². The second-order valence-electron chi connectivity index (χ2n) is 6.63. The molecule has 9 heteroatoms. The van der Waals surface area contributed by atoms with Crippen LogP contribution in [0.2, 0.25) is 0 Å². The molecule has 1 aromatic carbocycles. The van der Waals surface area contributed by atoms with Gasteiger partial charge in [-0.2, -0.15) is 4.98 Å². The number of aromatic nitrogens is 2. The summed E-state index contributed by atoms with van der Waals surface area (Å²) in [4.78, 5) is 4.63. The van der Waals surface area contributed by atoms with Crippen LogP contribution in [0.1, 0.15) is 37.1 Å². The molecule has 0 aliphatic heterocycles. The van der Waals surface area contributed by atoms with Gasteiger partial charge in [-0.25, -0.2) is 8.42 Å². The Morgan fingerprint density at radius 2 is 1.81 bits per heavy atom. The fourth-order valence-corrected chi connectivity index (χ4v) is 4.68. The molecule has 0 radical (unpaired) electrons. The third-order valence-electron chi connectivity index (χ3n) is 4.76. The number of halogens is 1. The Morgan fingerprint density at radius 1 is 1.11 bits per heavy atom. The maximum Gasteiger partial charge on any atom is 0.294 e. The number of furan rings is 1. The van der Waals surface area contributed by atoms with Crippen LogP contribution in [0.25, 0.3) is 11.7 Å². The Hall–Kier alpha value is -2.16. The normalized spacial score (nSPS) is 16.2. The molecule has 2 N–H and O–H groups in total. The minimum absolute atomic E-state index is 0. The molecule has 1 saturated carbocycles. The van der Waals surface area contributed by atoms with Gasteiger partial charge in [0.05, 0.1) is 22.5 Å². The molecule has 7 nitrogen and oxygen atoms in total. The summed E-state index contributed by atoms with van der Waals surface area (Å²) in [7, 11) is -3.51. The fraction of sp³-hybridized carbons (Fsp3) is 0.333. The Morgan fingerprint density at radius 3 is 2.52 bits per heavy atom. The number of hydrogen-bond donors (Lipinski definition) is 1. The zero-order valence-corrected chi connectivity index (χ0v) is 16.1. The predicted molar refractivity (Wildman–Crippen MR) is 101 cm³/mol. The molecule has 0 bridgehead atoms. The first-order valence-electron chi connectivity index (χ1n) is 8.46. The standard InChI is InChI=1S/C18H19N3O4S.ClH/c19-18(9-4-5-10-18)17-20-16(25-21-17)15-13(8-11-24-15)12-26(22,23)14-6-2-1-3-7-14;/h1-3,6-8,11H,4-5,9-10,12,19H2;1H. The summed E-state index contributed by atoms with van der Waals surface area (Å²) in [5.41, 5.74) is 6.25. The highest BCUT2D eigenvalue weighted by Crippen LogP contribution is 2.36. The summed E-state index contributed by atoms with van der Waals surface area (Å²) in [6.07, 6.45) is 5.09. The quantitative estimate of drug-likeness (QED) is 0.686. The third-order valence-corrected chi connectivity index (χ3v) is 6.44. The first-order valence-corrected chi connectivity index (χ1v) is 10.1. The van der Waals surface area contributed by atoms with Crippen LogP contribution in [0.3, 0.4) is 0 Å². The van der Waals surface area contributed by atoms with Crippen LogP contribution in [0.15, 0.2) is 56.5 Å². The lowest BCUT2D eigenvalue weighted by Crippen LogP contribution is -2.34. The maximum atomic E-state index is 12.6. The van der Waals surface area contributed by atoms with Gasteiger partial charge >= 0.3 is 0 Å². The molecule has 0 unspecified atom stereocenters. The molecule has 1 aliphatic carbocycles. The SMILES string of the molecule is Cl.NC1(c2noc(-c3occc3CS(=O)(=O)c3ccccc3)n2)CCCC1. The highest BCUT2D eigenvalue weighted by atomic mass is 35.5. The van der Waals surface area contributed by atoms with Crippen LogP contribution in [-0.2, 0) is 21.1 Å². The molecule has 2 heterocycles. The van der Waals surface area contributed by atoms with Crippen molar-refractivity contribution in [3.8, 4) is 11.7 Å². The van der Waals surface area contributed by atoms with Crippen LogP contribution in [0, 0.1) is 0 Å². The molecule has 4 rings (SSSR count). The molecule has 144 valence electrons. The molecular formula is C18H20ClN3O4S. The summed E-state index contributed by atoms with van der Waals surface area (Å²) in [5, 5.41) is 4.00. The van der Waals surface area contributed by atoms with Crippen molar-refractivity contribution in [1.29, 1.82) is 0 Å². The smallest absolute Gasteiger partial charge is 0.294 e. The van der Waals surface area contributed by atoms with Gasteiger partial charge in [-0.05, 0) is 31.0 Å². The van der Waals surface area contributed by atoms with E-state index in [9.17, 15) is 8.42 Å². The van der Waals surface area contributed by atoms with Crippen LogP contribution in [0.4, 0.5) is 0 Å². The summed E-state index contributed by atoms with van der Waals surface area (Å²) in [6.45, 7) is 0. The predicted octanol–water partition coefficient (Wildman–Crippen LogP) is 3.45. The van der Waals surface area contributed by atoms with E-state index in [-0.39, 0.29) is 34.7 Å². The largest absolute Gasteiger partial charge is 0.459 e. The van der Waals surface area contributed by atoms with Gasteiger partial charge in [0.15, 0.2) is 21.4 Å². The zero-order valence-electron chi connectivity index (χ0n) is 14.5. The minimum Gasteiger partial charge on any atom is -0.459 e. The minimum atomic E-state index is -3.51. The van der Waals surface area contributed by atoms with E-state index >= 15 is 0 Å². The number of nitrogens with two attached hydrogens (primary N) is 1. The molecule has 0 spiro atoms. The molecule has 0 saturated heterocycles. The van der Waals surface area contributed by atoms with Crippen molar-refractivity contribution in [3.05, 3.63) is 54.0 Å². The van der Waals surface area contributed by atoms with E-state index in [1.54, 1.807) is 36.4 Å². The number of benzene rings is 1. The van der Waals surface area contributed by atoms with E-state index in [1.807, 2.05) is 0 Å². The van der Waals surface area contributed by atoms with E-state index in [1.165, 1.54) is 6.26 Å². The lowest BCUT2D eigenvalue weighted by atomic mass is 9.99. The number of hydrogen-bond acceptors (Lipinski definition) is 7. The van der Waals surface area contributed by atoms with Crippen molar-refractivity contribution < 1.29 is 17.4 Å². The van der Waals surface area contributed by atoms with Gasteiger partial charge in [-0.1, -0.05) is 36.2 Å². The van der Waals surface area contributed by atoms with Gasteiger partial charge in [0.25, 0.3) is 5.89 Å². The number of nitrogens with zero attached hydrogens (tertiary/aromatic N) is 2. The van der Waals surface area contributed by atoms with Gasteiger partial charge in [-0.15, -0.1) is 12.4 Å². The van der Waals surface area contributed by atoms with Crippen LogP contribution < -0.4 is 5.73 Å². The summed E-state index contributed by atoms with van der Waals surface area (Å²) in [6, 6.07) is 9.89. The van der Waals surface area contributed by atoms with Crippen molar-refractivity contribution in [1.82, 2.24) is 10.1 Å². The topological polar surface area (TPSA) is 112 Å².